The Kier molecular flexibility index (Phi) is 3.92. The van der Waals surface area contributed by atoms with Crippen molar-refractivity contribution in [2.45, 2.75) is 12.5 Å². The zero-order valence-corrected chi connectivity index (χ0v) is 9.95. The lowest BCUT2D eigenvalue weighted by Gasteiger charge is -2.13. The van der Waals surface area contributed by atoms with Crippen LogP contribution in [0.3, 0.4) is 0 Å². The van der Waals surface area contributed by atoms with Gasteiger partial charge in [-0.3, -0.25) is 4.79 Å². The van der Waals surface area contributed by atoms with Gasteiger partial charge in [-0.15, -0.1) is 0 Å². The lowest BCUT2D eigenvalue weighted by atomic mass is 10.1. The molecule has 19 heavy (non-hydrogen) atoms. The zero-order valence-electron chi connectivity index (χ0n) is 9.95. The third-order valence-corrected chi connectivity index (χ3v) is 2.58. The molecule has 6 nitrogen and oxygen atoms in total. The molecule has 1 atom stereocenters. The molecule has 2 aromatic rings. The van der Waals surface area contributed by atoms with Crippen molar-refractivity contribution in [1.29, 1.82) is 0 Å². The molecule has 0 saturated carbocycles. The summed E-state index contributed by atoms with van der Waals surface area (Å²) >= 11 is 0. The first-order valence-electron chi connectivity index (χ1n) is 5.64. The normalized spacial score (nSPS) is 11.8. The van der Waals surface area contributed by atoms with Crippen molar-refractivity contribution < 1.29 is 19.2 Å². The van der Waals surface area contributed by atoms with Crippen LogP contribution in [0.1, 0.15) is 15.9 Å². The Balaban J connectivity index is 2.05. The summed E-state index contributed by atoms with van der Waals surface area (Å²) in [7, 11) is 0. The number of aromatic nitrogens is 1. The molecule has 1 amide bonds. The molecular formula is C13H12N2O4. The van der Waals surface area contributed by atoms with E-state index in [1.807, 2.05) is 30.3 Å². The number of carboxylic acids is 1. The monoisotopic (exact) mass is 260 g/mol. The largest absolute Gasteiger partial charge is 0.480 e. The molecule has 0 saturated heterocycles. The first-order chi connectivity index (χ1) is 9.16. The maximum absolute atomic E-state index is 11.7. The van der Waals surface area contributed by atoms with Gasteiger partial charge in [0.25, 0.3) is 5.91 Å². The molecular weight excluding hydrogens is 248 g/mol. The van der Waals surface area contributed by atoms with Crippen molar-refractivity contribution in [3.8, 4) is 0 Å². The van der Waals surface area contributed by atoms with Gasteiger partial charge in [-0.05, 0) is 5.56 Å². The topological polar surface area (TPSA) is 92.4 Å². The minimum atomic E-state index is -1.09. The van der Waals surface area contributed by atoms with E-state index in [9.17, 15) is 9.59 Å². The van der Waals surface area contributed by atoms with Crippen LogP contribution in [0.25, 0.3) is 0 Å². The van der Waals surface area contributed by atoms with Crippen LogP contribution in [0.2, 0.25) is 0 Å². The van der Waals surface area contributed by atoms with Crippen LogP contribution < -0.4 is 5.32 Å². The number of carboxylic acid groups (broad SMARTS) is 1. The minimum absolute atomic E-state index is 0.194. The Morgan fingerprint density at radius 3 is 2.63 bits per heavy atom. The number of benzene rings is 1. The van der Waals surface area contributed by atoms with Gasteiger partial charge in [-0.1, -0.05) is 35.5 Å². The molecule has 0 aliphatic carbocycles. The lowest BCUT2D eigenvalue weighted by molar-refractivity contribution is -0.139. The molecule has 0 aliphatic rings. The fourth-order valence-corrected chi connectivity index (χ4v) is 1.61. The van der Waals surface area contributed by atoms with Crippen molar-refractivity contribution in [2.75, 3.05) is 0 Å². The summed E-state index contributed by atoms with van der Waals surface area (Å²) in [6, 6.07) is 8.09. The van der Waals surface area contributed by atoms with Crippen molar-refractivity contribution in [3.63, 3.8) is 0 Å². The summed E-state index contributed by atoms with van der Waals surface area (Å²) in [6.45, 7) is 0. The minimum Gasteiger partial charge on any atom is -0.480 e. The Bertz CT molecular complexity index is 551. The second kappa shape index (κ2) is 5.81. The predicted octanol–water partition coefficient (Wildman–Crippen LogP) is 1.10. The highest BCUT2D eigenvalue weighted by atomic mass is 16.5. The molecule has 98 valence electrons. The van der Waals surface area contributed by atoms with Crippen molar-refractivity contribution in [2.24, 2.45) is 0 Å². The summed E-state index contributed by atoms with van der Waals surface area (Å²) < 4.78 is 4.54. The van der Waals surface area contributed by atoms with Gasteiger partial charge in [-0.25, -0.2) is 4.79 Å². The van der Waals surface area contributed by atoms with Gasteiger partial charge in [0, 0.05) is 6.42 Å². The van der Waals surface area contributed by atoms with Crippen LogP contribution in [0.5, 0.6) is 0 Å². The molecule has 0 aliphatic heterocycles. The predicted molar refractivity (Wildman–Crippen MR) is 65.5 cm³/mol. The van der Waals surface area contributed by atoms with Crippen LogP contribution in [-0.2, 0) is 11.2 Å². The highest BCUT2D eigenvalue weighted by molar-refractivity contribution is 5.96. The van der Waals surface area contributed by atoms with Gasteiger partial charge in [0.15, 0.2) is 0 Å². The smallest absolute Gasteiger partial charge is 0.326 e. The van der Waals surface area contributed by atoms with E-state index in [4.69, 9.17) is 5.11 Å². The van der Waals surface area contributed by atoms with Crippen molar-refractivity contribution in [1.82, 2.24) is 10.5 Å². The van der Waals surface area contributed by atoms with Crippen LogP contribution in [0.15, 0.2) is 47.3 Å². The molecule has 1 heterocycles. The second-order valence-corrected chi connectivity index (χ2v) is 3.97. The van der Waals surface area contributed by atoms with E-state index >= 15 is 0 Å². The summed E-state index contributed by atoms with van der Waals surface area (Å²) in [5, 5.41) is 15.0. The van der Waals surface area contributed by atoms with Crippen molar-refractivity contribution >= 4 is 11.9 Å². The van der Waals surface area contributed by atoms with Gasteiger partial charge in [0.2, 0.25) is 0 Å². The number of hydrogen-bond donors (Lipinski definition) is 2. The molecule has 0 fully saturated rings. The molecule has 0 unspecified atom stereocenters. The SMILES string of the molecule is O=C(N[C@@H](Cc1ccccc1)C(=O)O)c1cnoc1. The van der Waals surface area contributed by atoms with Gasteiger partial charge >= 0.3 is 5.97 Å². The number of nitrogens with one attached hydrogen (secondary N) is 1. The Labute approximate surface area is 109 Å². The van der Waals surface area contributed by atoms with E-state index in [0.29, 0.717) is 0 Å². The van der Waals surface area contributed by atoms with Gasteiger partial charge in [-0.2, -0.15) is 0 Å². The van der Waals surface area contributed by atoms with Gasteiger partial charge in [0.1, 0.15) is 12.3 Å². The van der Waals surface area contributed by atoms with E-state index in [1.165, 1.54) is 6.20 Å². The number of nitrogens with zero attached hydrogens (tertiary/aromatic N) is 1. The fraction of sp³-hybridized carbons (Fsp3) is 0.154. The fourth-order valence-electron chi connectivity index (χ4n) is 1.61. The summed E-state index contributed by atoms with van der Waals surface area (Å²) in [5.74, 6) is -1.61. The molecule has 0 radical (unpaired) electrons. The molecule has 2 N–H and O–H groups in total. The molecule has 0 bridgehead atoms. The average molecular weight is 260 g/mol. The number of aliphatic carboxylic acids is 1. The number of hydrogen-bond acceptors (Lipinski definition) is 4. The van der Waals surface area contributed by atoms with Crippen LogP contribution in [-0.4, -0.2) is 28.2 Å². The highest BCUT2D eigenvalue weighted by Gasteiger charge is 2.21. The maximum Gasteiger partial charge on any atom is 0.326 e. The molecule has 1 aromatic heterocycles. The third kappa shape index (κ3) is 3.41. The molecule has 6 heteroatoms. The average Bonchev–Trinajstić information content (AvgIpc) is 2.93. The van der Waals surface area contributed by atoms with E-state index in [2.05, 4.69) is 15.0 Å². The Morgan fingerprint density at radius 1 is 1.32 bits per heavy atom. The molecule has 0 spiro atoms. The van der Waals surface area contributed by atoms with E-state index in [0.717, 1.165) is 11.8 Å². The standard InChI is InChI=1S/C13H12N2O4/c16-12(10-7-14-19-8-10)15-11(13(17)18)6-9-4-2-1-3-5-9/h1-5,7-8,11H,6H2,(H,15,16)(H,17,18)/t11-/m0/s1. The Hall–Kier alpha value is -2.63. The number of carbonyl (C=O) groups excluding carboxylic acids is 1. The van der Waals surface area contributed by atoms with E-state index in [1.54, 1.807) is 0 Å². The number of amides is 1. The number of rotatable bonds is 5. The van der Waals surface area contributed by atoms with Gasteiger partial charge < -0.3 is 14.9 Å². The quantitative estimate of drug-likeness (QED) is 0.839. The van der Waals surface area contributed by atoms with Gasteiger partial charge in [0.05, 0.1) is 11.8 Å². The first-order valence-corrected chi connectivity index (χ1v) is 5.64. The third-order valence-electron chi connectivity index (χ3n) is 2.58. The Morgan fingerprint density at radius 2 is 2.05 bits per heavy atom. The zero-order chi connectivity index (χ0) is 13.7. The number of carbonyl (C=O) groups is 2. The van der Waals surface area contributed by atoms with Crippen molar-refractivity contribution in [3.05, 3.63) is 53.9 Å². The summed E-state index contributed by atoms with van der Waals surface area (Å²) in [4.78, 5) is 22.9. The lowest BCUT2D eigenvalue weighted by Crippen LogP contribution is -2.42. The van der Waals surface area contributed by atoms with Crippen LogP contribution >= 0.6 is 0 Å². The highest BCUT2D eigenvalue weighted by Crippen LogP contribution is 2.05. The van der Waals surface area contributed by atoms with Crippen LogP contribution in [0.4, 0.5) is 0 Å². The second-order valence-electron chi connectivity index (χ2n) is 3.97. The maximum atomic E-state index is 11.7. The van der Waals surface area contributed by atoms with E-state index in [-0.39, 0.29) is 12.0 Å². The van der Waals surface area contributed by atoms with E-state index < -0.39 is 17.9 Å². The molecule has 2 rings (SSSR count). The van der Waals surface area contributed by atoms with Crippen LogP contribution in [0, 0.1) is 0 Å². The summed E-state index contributed by atoms with van der Waals surface area (Å²) in [6.07, 6.45) is 2.61. The summed E-state index contributed by atoms with van der Waals surface area (Å²) in [5.41, 5.74) is 1.03. The molecule has 1 aromatic carbocycles. The first kappa shape index (κ1) is 12.8.